The summed E-state index contributed by atoms with van der Waals surface area (Å²) in [7, 11) is 0. The third-order valence-electron chi connectivity index (χ3n) is 4.17. The zero-order chi connectivity index (χ0) is 15.3. The van der Waals surface area contributed by atoms with Gasteiger partial charge in [0, 0.05) is 11.6 Å². The minimum Gasteiger partial charge on any atom is -0.490 e. The van der Waals surface area contributed by atoms with Crippen molar-refractivity contribution in [2.45, 2.75) is 57.6 Å². The number of benzene rings is 1. The second-order valence-electron chi connectivity index (χ2n) is 6.08. The molecule has 1 aliphatic rings. The van der Waals surface area contributed by atoms with Gasteiger partial charge in [0.05, 0.1) is 5.60 Å². The summed E-state index contributed by atoms with van der Waals surface area (Å²) in [4.78, 5) is 0. The number of aliphatic hydroxyl groups is 1. The van der Waals surface area contributed by atoms with Crippen LogP contribution in [0.25, 0.3) is 0 Å². The maximum atomic E-state index is 13.5. The number of halogens is 1. The highest BCUT2D eigenvalue weighted by molar-refractivity contribution is 5.36. The van der Waals surface area contributed by atoms with Crippen LogP contribution in [0.5, 0.6) is 5.75 Å². The molecule has 1 aliphatic carbocycles. The lowest BCUT2D eigenvalue weighted by Gasteiger charge is -2.24. The second-order valence-corrected chi connectivity index (χ2v) is 6.08. The van der Waals surface area contributed by atoms with Gasteiger partial charge < -0.3 is 15.2 Å². The van der Waals surface area contributed by atoms with Gasteiger partial charge in [-0.3, -0.25) is 0 Å². The molecule has 0 saturated heterocycles. The van der Waals surface area contributed by atoms with E-state index in [9.17, 15) is 9.50 Å². The molecule has 0 aromatic heterocycles. The standard InChI is InChI=1S/C17H26FNO2/c1-3-10-19-13(2)15-11-14(18)6-7-16(15)21-12-17(20)8-4-5-9-17/h6-7,11,13,19-20H,3-5,8-10,12H2,1-2H3. The zero-order valence-corrected chi connectivity index (χ0v) is 13.0. The molecule has 0 heterocycles. The molecule has 118 valence electrons. The molecule has 21 heavy (non-hydrogen) atoms. The first-order valence-corrected chi connectivity index (χ1v) is 7.92. The Hall–Kier alpha value is -1.13. The van der Waals surface area contributed by atoms with Crippen molar-refractivity contribution in [1.29, 1.82) is 0 Å². The van der Waals surface area contributed by atoms with Gasteiger partial charge in [-0.1, -0.05) is 19.8 Å². The molecule has 4 heteroatoms. The van der Waals surface area contributed by atoms with E-state index in [0.717, 1.165) is 44.2 Å². The first kappa shape index (κ1) is 16.2. The Balaban J connectivity index is 2.07. The van der Waals surface area contributed by atoms with Gasteiger partial charge in [0.1, 0.15) is 18.2 Å². The molecule has 1 aromatic carbocycles. The smallest absolute Gasteiger partial charge is 0.124 e. The van der Waals surface area contributed by atoms with E-state index in [1.165, 1.54) is 12.1 Å². The van der Waals surface area contributed by atoms with Gasteiger partial charge >= 0.3 is 0 Å². The van der Waals surface area contributed by atoms with Gasteiger partial charge in [0.2, 0.25) is 0 Å². The van der Waals surface area contributed by atoms with Gasteiger partial charge in [0.25, 0.3) is 0 Å². The second kappa shape index (κ2) is 7.23. The predicted molar refractivity (Wildman–Crippen MR) is 82.0 cm³/mol. The summed E-state index contributed by atoms with van der Waals surface area (Å²) in [6, 6.07) is 4.60. The molecule has 1 unspecified atom stereocenters. The first-order valence-electron chi connectivity index (χ1n) is 7.92. The van der Waals surface area contributed by atoms with Crippen molar-refractivity contribution in [3.63, 3.8) is 0 Å². The fourth-order valence-electron chi connectivity index (χ4n) is 2.85. The molecule has 1 saturated carbocycles. The Morgan fingerprint density at radius 2 is 2.10 bits per heavy atom. The molecule has 0 amide bonds. The van der Waals surface area contributed by atoms with Crippen LogP contribution in [-0.2, 0) is 0 Å². The molecule has 2 N–H and O–H groups in total. The van der Waals surface area contributed by atoms with Crippen LogP contribution in [-0.4, -0.2) is 23.9 Å². The average Bonchev–Trinajstić information content (AvgIpc) is 2.90. The average molecular weight is 295 g/mol. The van der Waals surface area contributed by atoms with Crippen molar-refractivity contribution in [2.24, 2.45) is 0 Å². The van der Waals surface area contributed by atoms with Crippen LogP contribution in [0, 0.1) is 5.82 Å². The predicted octanol–water partition coefficient (Wildman–Crippen LogP) is 3.57. The van der Waals surface area contributed by atoms with Crippen LogP contribution in [0.2, 0.25) is 0 Å². The number of rotatable bonds is 7. The van der Waals surface area contributed by atoms with Gasteiger partial charge in [-0.15, -0.1) is 0 Å². The number of hydrogen-bond donors (Lipinski definition) is 2. The normalized spacial score (nSPS) is 18.7. The van der Waals surface area contributed by atoms with E-state index < -0.39 is 5.60 Å². The first-order chi connectivity index (χ1) is 10.0. The molecular formula is C17H26FNO2. The topological polar surface area (TPSA) is 41.5 Å². The highest BCUT2D eigenvalue weighted by Gasteiger charge is 2.32. The van der Waals surface area contributed by atoms with Crippen LogP contribution in [0.3, 0.4) is 0 Å². The molecule has 1 fully saturated rings. The Labute approximate surface area is 126 Å². The number of hydrogen-bond acceptors (Lipinski definition) is 3. The summed E-state index contributed by atoms with van der Waals surface area (Å²) < 4.78 is 19.3. The molecule has 3 nitrogen and oxygen atoms in total. The Kier molecular flexibility index (Phi) is 5.59. The zero-order valence-electron chi connectivity index (χ0n) is 13.0. The van der Waals surface area contributed by atoms with Crippen molar-refractivity contribution in [1.82, 2.24) is 5.32 Å². The minimum absolute atomic E-state index is 0.0221. The molecule has 0 bridgehead atoms. The summed E-state index contributed by atoms with van der Waals surface area (Å²) in [5.41, 5.74) is 0.0937. The largest absolute Gasteiger partial charge is 0.490 e. The summed E-state index contributed by atoms with van der Waals surface area (Å²) in [5.74, 6) is 0.398. The van der Waals surface area contributed by atoms with Crippen molar-refractivity contribution in [2.75, 3.05) is 13.2 Å². The summed E-state index contributed by atoms with van der Waals surface area (Å²) in [5, 5.41) is 13.7. The van der Waals surface area contributed by atoms with Gasteiger partial charge in [-0.2, -0.15) is 0 Å². The third-order valence-corrected chi connectivity index (χ3v) is 4.17. The van der Waals surface area contributed by atoms with Crippen LogP contribution >= 0.6 is 0 Å². The maximum absolute atomic E-state index is 13.5. The molecule has 0 aliphatic heterocycles. The Morgan fingerprint density at radius 3 is 2.76 bits per heavy atom. The van der Waals surface area contributed by atoms with E-state index >= 15 is 0 Å². The fourth-order valence-corrected chi connectivity index (χ4v) is 2.85. The van der Waals surface area contributed by atoms with Crippen LogP contribution < -0.4 is 10.1 Å². The van der Waals surface area contributed by atoms with Gasteiger partial charge in [0.15, 0.2) is 0 Å². The van der Waals surface area contributed by atoms with Crippen molar-refractivity contribution in [3.05, 3.63) is 29.6 Å². The van der Waals surface area contributed by atoms with Crippen LogP contribution in [0.15, 0.2) is 18.2 Å². The van der Waals surface area contributed by atoms with Gasteiger partial charge in [-0.05, 0) is 50.9 Å². The van der Waals surface area contributed by atoms with Crippen molar-refractivity contribution < 1.29 is 14.2 Å². The van der Waals surface area contributed by atoms with Gasteiger partial charge in [-0.25, -0.2) is 4.39 Å². The summed E-state index contributed by atoms with van der Waals surface area (Å²) in [6.07, 6.45) is 4.69. The molecular weight excluding hydrogens is 269 g/mol. The Bertz CT molecular complexity index is 458. The number of nitrogens with one attached hydrogen (secondary N) is 1. The fraction of sp³-hybridized carbons (Fsp3) is 0.647. The molecule has 0 radical (unpaired) electrons. The lowest BCUT2D eigenvalue weighted by Crippen LogP contribution is -2.32. The molecule has 1 aromatic rings. The van der Waals surface area contributed by atoms with E-state index in [4.69, 9.17) is 4.74 Å². The van der Waals surface area contributed by atoms with Crippen LogP contribution in [0.4, 0.5) is 4.39 Å². The number of ether oxygens (including phenoxy) is 1. The Morgan fingerprint density at radius 1 is 1.38 bits per heavy atom. The van der Waals surface area contributed by atoms with Crippen LogP contribution in [0.1, 0.15) is 57.6 Å². The lowest BCUT2D eigenvalue weighted by atomic mass is 10.0. The maximum Gasteiger partial charge on any atom is 0.124 e. The van der Waals surface area contributed by atoms with E-state index in [2.05, 4.69) is 12.2 Å². The highest BCUT2D eigenvalue weighted by Crippen LogP contribution is 2.32. The summed E-state index contributed by atoms with van der Waals surface area (Å²) >= 11 is 0. The highest BCUT2D eigenvalue weighted by atomic mass is 19.1. The molecule has 2 rings (SSSR count). The monoisotopic (exact) mass is 295 g/mol. The lowest BCUT2D eigenvalue weighted by molar-refractivity contribution is 0.000989. The van der Waals surface area contributed by atoms with E-state index in [0.29, 0.717) is 5.75 Å². The van der Waals surface area contributed by atoms with E-state index in [-0.39, 0.29) is 18.5 Å². The van der Waals surface area contributed by atoms with Crippen molar-refractivity contribution >= 4 is 0 Å². The molecule has 1 atom stereocenters. The summed E-state index contributed by atoms with van der Waals surface area (Å²) in [6.45, 7) is 5.26. The third kappa shape index (κ3) is 4.42. The SMILES string of the molecule is CCCNC(C)c1cc(F)ccc1OCC1(O)CCCC1. The minimum atomic E-state index is -0.717. The van der Waals surface area contributed by atoms with Crippen molar-refractivity contribution in [3.8, 4) is 5.75 Å². The van der Waals surface area contributed by atoms with E-state index in [1.807, 2.05) is 6.92 Å². The quantitative estimate of drug-likeness (QED) is 0.808. The van der Waals surface area contributed by atoms with E-state index in [1.54, 1.807) is 6.07 Å². The molecule has 0 spiro atoms.